The van der Waals surface area contributed by atoms with Crippen LogP contribution in [0.3, 0.4) is 0 Å². The van der Waals surface area contributed by atoms with E-state index in [1.165, 1.54) is 13.0 Å². The predicted octanol–water partition coefficient (Wildman–Crippen LogP) is 1.22. The summed E-state index contributed by atoms with van der Waals surface area (Å²) in [4.78, 5) is 14.9. The zero-order valence-electron chi connectivity index (χ0n) is 8.11. The molecule has 0 aliphatic heterocycles. The lowest BCUT2D eigenvalue weighted by atomic mass is 10.1. The number of amidine groups is 1. The molecule has 1 aromatic carbocycles. The van der Waals surface area contributed by atoms with Gasteiger partial charge in [0.15, 0.2) is 0 Å². The molecule has 1 rings (SSSR count). The third-order valence-electron chi connectivity index (χ3n) is 1.66. The van der Waals surface area contributed by atoms with Crippen molar-refractivity contribution in [3.05, 3.63) is 29.3 Å². The lowest BCUT2D eigenvalue weighted by molar-refractivity contribution is 0.1000. The van der Waals surface area contributed by atoms with Gasteiger partial charge in [-0.3, -0.25) is 4.79 Å². The van der Waals surface area contributed by atoms with Crippen LogP contribution in [0.1, 0.15) is 22.8 Å². The van der Waals surface area contributed by atoms with Crippen LogP contribution in [0.25, 0.3) is 0 Å². The summed E-state index contributed by atoms with van der Waals surface area (Å²) in [6, 6.07) is 4.75. The van der Waals surface area contributed by atoms with Crippen molar-refractivity contribution in [2.75, 3.05) is 0 Å². The van der Waals surface area contributed by atoms with Crippen LogP contribution >= 0.6 is 0 Å². The quantitative estimate of drug-likeness (QED) is 0.518. The van der Waals surface area contributed by atoms with Gasteiger partial charge in [0.1, 0.15) is 11.6 Å². The lowest BCUT2D eigenvalue weighted by Gasteiger charge is -2.01. The average Bonchev–Trinajstić information content (AvgIpc) is 2.08. The summed E-state index contributed by atoms with van der Waals surface area (Å²) in [5, 5.41) is 9.39. The Morgan fingerprint density at radius 2 is 2.14 bits per heavy atom. The molecule has 0 heterocycles. The number of carbonyl (C=O) groups is 1. The van der Waals surface area contributed by atoms with Gasteiger partial charge < -0.3 is 10.8 Å². The van der Waals surface area contributed by atoms with Crippen molar-refractivity contribution in [2.45, 2.75) is 13.8 Å². The molecule has 0 fully saturated rings. The molecule has 0 spiro atoms. The van der Waals surface area contributed by atoms with E-state index in [1.807, 2.05) is 6.92 Å². The van der Waals surface area contributed by atoms with Gasteiger partial charge in [0, 0.05) is 0 Å². The molecule has 0 saturated carbocycles. The number of aromatic hydroxyl groups is 1. The van der Waals surface area contributed by atoms with E-state index in [-0.39, 0.29) is 17.1 Å². The Morgan fingerprint density at radius 1 is 1.50 bits per heavy atom. The van der Waals surface area contributed by atoms with Crippen molar-refractivity contribution >= 4 is 11.7 Å². The number of aliphatic imine (C=N–C) groups is 1. The molecular formula is C10H12N2O2. The molecule has 0 bridgehead atoms. The van der Waals surface area contributed by atoms with E-state index in [1.54, 1.807) is 12.1 Å². The summed E-state index contributed by atoms with van der Waals surface area (Å²) in [6.07, 6.45) is 0. The summed E-state index contributed by atoms with van der Waals surface area (Å²) in [5.74, 6) is -0.423. The normalized spacial score (nSPS) is 11.4. The second-order valence-corrected chi connectivity index (χ2v) is 3.08. The molecule has 1 aromatic rings. The Morgan fingerprint density at radius 3 is 2.71 bits per heavy atom. The number of amides is 1. The lowest BCUT2D eigenvalue weighted by Crippen LogP contribution is -2.09. The zero-order chi connectivity index (χ0) is 10.7. The van der Waals surface area contributed by atoms with Crippen LogP contribution in [0.4, 0.5) is 0 Å². The van der Waals surface area contributed by atoms with Crippen molar-refractivity contribution in [3.63, 3.8) is 0 Å². The third kappa shape index (κ3) is 2.32. The fraction of sp³-hybridized carbons (Fsp3) is 0.200. The first-order chi connectivity index (χ1) is 6.50. The maximum Gasteiger partial charge on any atom is 0.282 e. The van der Waals surface area contributed by atoms with E-state index in [0.29, 0.717) is 0 Å². The second-order valence-electron chi connectivity index (χ2n) is 3.08. The van der Waals surface area contributed by atoms with Gasteiger partial charge in [-0.2, -0.15) is 4.99 Å². The highest BCUT2D eigenvalue weighted by molar-refractivity contribution is 6.03. The topological polar surface area (TPSA) is 75.7 Å². The van der Waals surface area contributed by atoms with Crippen molar-refractivity contribution < 1.29 is 9.90 Å². The molecule has 0 aliphatic carbocycles. The number of phenols is 1. The van der Waals surface area contributed by atoms with Crippen LogP contribution in [0.15, 0.2) is 23.2 Å². The van der Waals surface area contributed by atoms with Gasteiger partial charge in [-0.25, -0.2) is 0 Å². The van der Waals surface area contributed by atoms with Gasteiger partial charge in [0.25, 0.3) is 5.91 Å². The van der Waals surface area contributed by atoms with E-state index in [4.69, 9.17) is 5.73 Å². The van der Waals surface area contributed by atoms with Crippen molar-refractivity contribution in [1.82, 2.24) is 0 Å². The molecule has 0 unspecified atom stereocenters. The molecule has 0 atom stereocenters. The molecule has 0 aromatic heterocycles. The molecule has 3 N–H and O–H groups in total. The number of hydrogen-bond donors (Lipinski definition) is 2. The Hall–Kier alpha value is -1.84. The van der Waals surface area contributed by atoms with Crippen LogP contribution in [-0.4, -0.2) is 16.8 Å². The predicted molar refractivity (Wildman–Crippen MR) is 54.5 cm³/mol. The summed E-state index contributed by atoms with van der Waals surface area (Å²) in [6.45, 7) is 3.35. The van der Waals surface area contributed by atoms with Gasteiger partial charge >= 0.3 is 0 Å². The van der Waals surface area contributed by atoms with E-state index >= 15 is 0 Å². The number of nitrogens with zero attached hydrogens (tertiary/aromatic N) is 1. The molecule has 0 saturated heterocycles. The first-order valence-corrected chi connectivity index (χ1v) is 4.15. The van der Waals surface area contributed by atoms with Gasteiger partial charge in [-0.1, -0.05) is 11.6 Å². The smallest absolute Gasteiger partial charge is 0.282 e. The fourth-order valence-corrected chi connectivity index (χ4v) is 1.04. The van der Waals surface area contributed by atoms with Crippen molar-refractivity contribution in [2.24, 2.45) is 10.7 Å². The van der Waals surface area contributed by atoms with E-state index < -0.39 is 5.91 Å². The number of carbonyl (C=O) groups excluding carboxylic acids is 1. The van der Waals surface area contributed by atoms with E-state index in [2.05, 4.69) is 4.99 Å². The van der Waals surface area contributed by atoms with Crippen molar-refractivity contribution in [3.8, 4) is 5.75 Å². The minimum absolute atomic E-state index is 0.0781. The summed E-state index contributed by atoms with van der Waals surface area (Å²) in [7, 11) is 0. The number of aryl methyl sites for hydroxylation is 1. The Labute approximate surface area is 82.1 Å². The molecule has 4 heteroatoms. The standard InChI is InChI=1S/C10H12N2O2/c1-6-3-4-9(13)8(5-6)10(14)12-7(2)11/h3-5,13H,1-2H3,(H2,11,12,14). The summed E-state index contributed by atoms with van der Waals surface area (Å²) < 4.78 is 0. The highest BCUT2D eigenvalue weighted by Gasteiger charge is 2.09. The minimum atomic E-state index is -0.522. The molecule has 1 amide bonds. The second kappa shape index (κ2) is 3.91. The molecular weight excluding hydrogens is 180 g/mol. The number of benzene rings is 1. The van der Waals surface area contributed by atoms with Gasteiger partial charge in [-0.15, -0.1) is 0 Å². The Bertz CT molecular complexity index is 393. The van der Waals surface area contributed by atoms with Crippen LogP contribution in [0.5, 0.6) is 5.75 Å². The first-order valence-electron chi connectivity index (χ1n) is 4.15. The SMILES string of the molecule is CC(N)=NC(=O)c1cc(C)ccc1O. The largest absolute Gasteiger partial charge is 0.507 e. The van der Waals surface area contributed by atoms with Crippen molar-refractivity contribution in [1.29, 1.82) is 0 Å². The first kappa shape index (κ1) is 10.2. The highest BCUT2D eigenvalue weighted by atomic mass is 16.3. The summed E-state index contributed by atoms with van der Waals surface area (Å²) >= 11 is 0. The third-order valence-corrected chi connectivity index (χ3v) is 1.66. The Balaban J connectivity index is 3.12. The van der Waals surface area contributed by atoms with Crippen LogP contribution in [-0.2, 0) is 0 Å². The number of phenolic OH excluding ortho intramolecular Hbond substituents is 1. The van der Waals surface area contributed by atoms with Crippen LogP contribution in [0, 0.1) is 6.92 Å². The minimum Gasteiger partial charge on any atom is -0.507 e. The Kier molecular flexibility index (Phi) is 2.86. The van der Waals surface area contributed by atoms with Gasteiger partial charge in [-0.05, 0) is 26.0 Å². The summed E-state index contributed by atoms with van der Waals surface area (Å²) in [5.41, 5.74) is 6.33. The fourth-order valence-electron chi connectivity index (χ4n) is 1.04. The molecule has 4 nitrogen and oxygen atoms in total. The molecule has 0 aliphatic rings. The number of rotatable bonds is 1. The number of nitrogens with two attached hydrogens (primary N) is 1. The maximum atomic E-state index is 11.4. The molecule has 74 valence electrons. The van der Waals surface area contributed by atoms with E-state index in [9.17, 15) is 9.90 Å². The number of hydrogen-bond acceptors (Lipinski definition) is 2. The molecule has 0 radical (unpaired) electrons. The van der Waals surface area contributed by atoms with Crippen LogP contribution in [0.2, 0.25) is 0 Å². The maximum absolute atomic E-state index is 11.4. The monoisotopic (exact) mass is 192 g/mol. The zero-order valence-corrected chi connectivity index (χ0v) is 8.11. The average molecular weight is 192 g/mol. The van der Waals surface area contributed by atoms with Crippen LogP contribution < -0.4 is 5.73 Å². The van der Waals surface area contributed by atoms with Gasteiger partial charge in [0.2, 0.25) is 0 Å². The van der Waals surface area contributed by atoms with Gasteiger partial charge in [0.05, 0.1) is 5.56 Å². The van der Waals surface area contributed by atoms with E-state index in [0.717, 1.165) is 5.56 Å². The molecule has 14 heavy (non-hydrogen) atoms. The highest BCUT2D eigenvalue weighted by Crippen LogP contribution is 2.18.